The van der Waals surface area contributed by atoms with Gasteiger partial charge in [0.05, 0.1) is 6.04 Å². The molecule has 2 aromatic rings. The highest BCUT2D eigenvalue weighted by Gasteiger charge is 2.18. The number of benzene rings is 2. The molecular formula is C16H16Br2IN. The Bertz CT molecular complexity index is 586. The second kappa shape index (κ2) is 7.92. The fraction of sp³-hybridized carbons (Fsp3) is 0.250. The molecule has 1 atom stereocenters. The van der Waals surface area contributed by atoms with Gasteiger partial charge in [-0.3, -0.25) is 0 Å². The number of rotatable bonds is 5. The molecule has 0 radical (unpaired) electrons. The lowest BCUT2D eigenvalue weighted by Crippen LogP contribution is -2.24. The Hall–Kier alpha value is 0.0900. The van der Waals surface area contributed by atoms with Crippen molar-refractivity contribution in [3.63, 3.8) is 0 Å². The van der Waals surface area contributed by atoms with E-state index < -0.39 is 0 Å². The van der Waals surface area contributed by atoms with Crippen molar-refractivity contribution in [2.24, 2.45) is 0 Å². The van der Waals surface area contributed by atoms with Crippen molar-refractivity contribution in [2.45, 2.75) is 19.4 Å². The molecule has 4 heteroatoms. The van der Waals surface area contributed by atoms with Gasteiger partial charge in [0.15, 0.2) is 0 Å². The topological polar surface area (TPSA) is 12.0 Å². The summed E-state index contributed by atoms with van der Waals surface area (Å²) in [6.07, 6.45) is 1.12. The number of nitrogens with one attached hydrogen (secondary N) is 1. The molecule has 0 heterocycles. The van der Waals surface area contributed by atoms with Crippen molar-refractivity contribution < 1.29 is 0 Å². The molecule has 2 rings (SSSR count). The molecule has 0 amide bonds. The average Bonchev–Trinajstić information content (AvgIpc) is 2.44. The van der Waals surface area contributed by atoms with Crippen molar-refractivity contribution in [3.05, 3.63) is 66.1 Å². The standard InChI is InChI=1S/C16H16Br2IN/c1-2-9-20-16(12-5-3-4-6-15(12)19)13-10-11(17)7-8-14(13)18/h3-8,10,16,20H,2,9H2,1H3. The first-order valence-corrected chi connectivity index (χ1v) is 9.22. The summed E-state index contributed by atoms with van der Waals surface area (Å²) in [7, 11) is 0. The molecule has 1 unspecified atom stereocenters. The maximum Gasteiger partial charge on any atom is 0.0598 e. The molecule has 0 aliphatic rings. The molecule has 1 N–H and O–H groups in total. The quantitative estimate of drug-likeness (QED) is 0.495. The van der Waals surface area contributed by atoms with Crippen LogP contribution in [0.4, 0.5) is 0 Å². The zero-order valence-electron chi connectivity index (χ0n) is 11.2. The van der Waals surface area contributed by atoms with Crippen molar-refractivity contribution in [2.75, 3.05) is 6.54 Å². The molecule has 0 saturated heterocycles. The van der Waals surface area contributed by atoms with Gasteiger partial charge in [-0.05, 0) is 70.9 Å². The van der Waals surface area contributed by atoms with Crippen molar-refractivity contribution >= 4 is 54.5 Å². The molecule has 0 saturated carbocycles. The summed E-state index contributed by atoms with van der Waals surface area (Å²) >= 11 is 9.66. The summed E-state index contributed by atoms with van der Waals surface area (Å²) in [4.78, 5) is 0. The predicted octanol–water partition coefficient (Wildman–Crippen LogP) is 5.91. The molecule has 106 valence electrons. The summed E-state index contributed by atoms with van der Waals surface area (Å²) in [5.41, 5.74) is 2.58. The molecule has 0 aromatic heterocycles. The fourth-order valence-electron chi connectivity index (χ4n) is 2.12. The Morgan fingerprint density at radius 2 is 1.85 bits per heavy atom. The van der Waals surface area contributed by atoms with Crippen molar-refractivity contribution in [3.8, 4) is 0 Å². The van der Waals surface area contributed by atoms with Crippen LogP contribution in [0.5, 0.6) is 0 Å². The number of halogens is 3. The van der Waals surface area contributed by atoms with Crippen LogP contribution >= 0.6 is 54.5 Å². The third-order valence-corrected chi connectivity index (χ3v) is 5.28. The normalized spacial score (nSPS) is 12.4. The van der Waals surface area contributed by atoms with Crippen LogP contribution in [0.3, 0.4) is 0 Å². The lowest BCUT2D eigenvalue weighted by Gasteiger charge is -2.22. The minimum absolute atomic E-state index is 0.204. The summed E-state index contributed by atoms with van der Waals surface area (Å²) < 4.78 is 3.52. The second-order valence-electron chi connectivity index (χ2n) is 4.57. The van der Waals surface area contributed by atoms with E-state index in [1.807, 2.05) is 0 Å². The molecule has 20 heavy (non-hydrogen) atoms. The maximum atomic E-state index is 3.68. The number of hydrogen-bond donors (Lipinski definition) is 1. The van der Waals surface area contributed by atoms with Crippen LogP contribution in [0, 0.1) is 3.57 Å². The molecule has 2 aromatic carbocycles. The number of hydrogen-bond acceptors (Lipinski definition) is 1. The molecule has 0 aliphatic heterocycles. The van der Waals surface area contributed by atoms with Gasteiger partial charge in [-0.1, -0.05) is 57.0 Å². The first-order chi connectivity index (χ1) is 9.63. The summed E-state index contributed by atoms with van der Waals surface area (Å²) in [5.74, 6) is 0. The van der Waals surface area contributed by atoms with E-state index in [9.17, 15) is 0 Å². The Morgan fingerprint density at radius 1 is 1.10 bits per heavy atom. The third-order valence-electron chi connectivity index (χ3n) is 3.08. The van der Waals surface area contributed by atoms with Gasteiger partial charge < -0.3 is 5.32 Å². The van der Waals surface area contributed by atoms with Crippen LogP contribution in [-0.4, -0.2) is 6.54 Å². The zero-order valence-corrected chi connectivity index (χ0v) is 16.5. The molecule has 0 fully saturated rings. The first kappa shape index (κ1) is 16.5. The van der Waals surface area contributed by atoms with Gasteiger partial charge in [-0.15, -0.1) is 0 Å². The highest BCUT2D eigenvalue weighted by atomic mass is 127. The molecule has 1 nitrogen and oxygen atoms in total. The lowest BCUT2D eigenvalue weighted by molar-refractivity contribution is 0.595. The summed E-state index contributed by atoms with van der Waals surface area (Å²) in [6, 6.07) is 15.1. The van der Waals surface area contributed by atoms with Crippen molar-refractivity contribution in [1.82, 2.24) is 5.32 Å². The molecule has 0 spiro atoms. The first-order valence-electron chi connectivity index (χ1n) is 6.56. The highest BCUT2D eigenvalue weighted by molar-refractivity contribution is 14.1. The van der Waals surface area contributed by atoms with Crippen molar-refractivity contribution in [1.29, 1.82) is 0 Å². The van der Waals surface area contributed by atoms with Gasteiger partial charge in [-0.25, -0.2) is 0 Å². The minimum Gasteiger partial charge on any atom is -0.306 e. The van der Waals surface area contributed by atoms with Gasteiger partial charge in [0.25, 0.3) is 0 Å². The van der Waals surface area contributed by atoms with E-state index in [0.29, 0.717) is 0 Å². The van der Waals surface area contributed by atoms with E-state index in [0.717, 1.165) is 21.9 Å². The third kappa shape index (κ3) is 4.06. The molecular weight excluding hydrogens is 493 g/mol. The van der Waals surface area contributed by atoms with Crippen LogP contribution < -0.4 is 5.32 Å². The Kier molecular flexibility index (Phi) is 6.52. The Balaban J connectivity index is 2.47. The van der Waals surface area contributed by atoms with Crippen LogP contribution in [0.15, 0.2) is 51.4 Å². The maximum absolute atomic E-state index is 3.68. The van der Waals surface area contributed by atoms with E-state index >= 15 is 0 Å². The Morgan fingerprint density at radius 3 is 2.55 bits per heavy atom. The van der Waals surface area contributed by atoms with Crippen LogP contribution in [0.25, 0.3) is 0 Å². The van der Waals surface area contributed by atoms with Crippen LogP contribution in [-0.2, 0) is 0 Å². The van der Waals surface area contributed by atoms with Crippen LogP contribution in [0.2, 0.25) is 0 Å². The van der Waals surface area contributed by atoms with E-state index in [-0.39, 0.29) is 6.04 Å². The second-order valence-corrected chi connectivity index (χ2v) is 7.51. The molecule has 0 bridgehead atoms. The lowest BCUT2D eigenvalue weighted by atomic mass is 9.98. The summed E-state index contributed by atoms with van der Waals surface area (Å²) in [6.45, 7) is 3.19. The van der Waals surface area contributed by atoms with Gasteiger partial charge in [0, 0.05) is 12.5 Å². The Labute approximate surface area is 150 Å². The van der Waals surface area contributed by atoms with Gasteiger partial charge >= 0.3 is 0 Å². The SMILES string of the molecule is CCCNC(c1cc(Br)ccc1Br)c1ccccc1I. The van der Waals surface area contributed by atoms with Gasteiger partial charge in [0.1, 0.15) is 0 Å². The van der Waals surface area contributed by atoms with E-state index in [1.54, 1.807) is 0 Å². The monoisotopic (exact) mass is 507 g/mol. The highest BCUT2D eigenvalue weighted by Crippen LogP contribution is 2.33. The van der Waals surface area contributed by atoms with Gasteiger partial charge in [0.2, 0.25) is 0 Å². The van der Waals surface area contributed by atoms with E-state index in [1.165, 1.54) is 14.7 Å². The zero-order chi connectivity index (χ0) is 14.5. The smallest absolute Gasteiger partial charge is 0.0598 e. The minimum atomic E-state index is 0.204. The predicted molar refractivity (Wildman–Crippen MR) is 101 cm³/mol. The molecule has 0 aliphatic carbocycles. The van der Waals surface area contributed by atoms with E-state index in [2.05, 4.69) is 109 Å². The average molecular weight is 509 g/mol. The van der Waals surface area contributed by atoms with Crippen LogP contribution in [0.1, 0.15) is 30.5 Å². The van der Waals surface area contributed by atoms with E-state index in [4.69, 9.17) is 0 Å². The van der Waals surface area contributed by atoms with Gasteiger partial charge in [-0.2, -0.15) is 0 Å². The summed E-state index contributed by atoms with van der Waals surface area (Å²) in [5, 5.41) is 3.66. The largest absolute Gasteiger partial charge is 0.306 e. The fourth-order valence-corrected chi connectivity index (χ4v) is 3.67.